The van der Waals surface area contributed by atoms with Crippen molar-refractivity contribution in [2.45, 2.75) is 19.9 Å². The number of amides is 1. The standard InChI is InChI=1S/C21H19FN6O2/c1-13-11-18(27-26-13)24-20-16-5-3-4-6-17(16)23-19(25-20)12-28(21(29)30-2)15-9-7-14(22)8-10-15/h3-10H,11-12H2,1-2H3,(H,23,24,25,27). The van der Waals surface area contributed by atoms with Crippen LogP contribution in [-0.2, 0) is 11.3 Å². The molecule has 0 atom stereocenters. The van der Waals surface area contributed by atoms with E-state index in [1.807, 2.05) is 31.2 Å². The van der Waals surface area contributed by atoms with Crippen LogP contribution in [0.2, 0.25) is 0 Å². The highest BCUT2D eigenvalue weighted by atomic mass is 19.1. The van der Waals surface area contributed by atoms with Crippen LogP contribution >= 0.6 is 0 Å². The number of methoxy groups -OCH3 is 1. The molecule has 8 nitrogen and oxygen atoms in total. The predicted molar refractivity (Wildman–Crippen MR) is 112 cm³/mol. The number of aliphatic imine (C=N–C) groups is 1. The second-order valence-corrected chi connectivity index (χ2v) is 6.71. The zero-order chi connectivity index (χ0) is 21.1. The first kappa shape index (κ1) is 19.4. The molecular formula is C21H19FN6O2. The van der Waals surface area contributed by atoms with Gasteiger partial charge in [0, 0.05) is 23.2 Å². The van der Waals surface area contributed by atoms with Crippen molar-refractivity contribution in [1.29, 1.82) is 0 Å². The summed E-state index contributed by atoms with van der Waals surface area (Å²) in [6.45, 7) is 1.94. The van der Waals surface area contributed by atoms with Gasteiger partial charge in [0.15, 0.2) is 11.6 Å². The van der Waals surface area contributed by atoms with Gasteiger partial charge in [0.05, 0.1) is 19.2 Å². The first-order valence-corrected chi connectivity index (χ1v) is 9.27. The number of nitrogens with one attached hydrogen (secondary N) is 1. The van der Waals surface area contributed by atoms with Gasteiger partial charge in [-0.25, -0.2) is 24.1 Å². The molecule has 0 aliphatic carbocycles. The van der Waals surface area contributed by atoms with E-state index in [4.69, 9.17) is 4.74 Å². The molecule has 3 aromatic rings. The van der Waals surface area contributed by atoms with Crippen LogP contribution in [-0.4, -0.2) is 34.7 Å². The van der Waals surface area contributed by atoms with Crippen LogP contribution in [0.1, 0.15) is 19.2 Å². The largest absolute Gasteiger partial charge is 0.452 e. The molecule has 2 aromatic carbocycles. The van der Waals surface area contributed by atoms with E-state index in [1.54, 1.807) is 0 Å². The molecule has 0 radical (unpaired) electrons. The summed E-state index contributed by atoms with van der Waals surface area (Å²) in [6.07, 6.45) is 0.00469. The maximum atomic E-state index is 13.3. The van der Waals surface area contributed by atoms with Gasteiger partial charge in [-0.3, -0.25) is 10.3 Å². The highest BCUT2D eigenvalue weighted by molar-refractivity contribution is 6.07. The van der Waals surface area contributed by atoms with Gasteiger partial charge in [0.25, 0.3) is 0 Å². The number of para-hydroxylation sites is 1. The first-order chi connectivity index (χ1) is 14.5. The number of rotatable bonds is 4. The Labute approximate surface area is 172 Å². The minimum Gasteiger partial charge on any atom is -0.452 e. The molecule has 0 fully saturated rings. The predicted octanol–water partition coefficient (Wildman–Crippen LogP) is 3.94. The number of halogens is 1. The number of fused-ring (bicyclic) bond motifs is 1. The molecular weight excluding hydrogens is 387 g/mol. The molecule has 9 heteroatoms. The first-order valence-electron chi connectivity index (χ1n) is 9.27. The van der Waals surface area contributed by atoms with Crippen molar-refractivity contribution in [1.82, 2.24) is 15.4 Å². The van der Waals surface area contributed by atoms with Gasteiger partial charge in [-0.2, -0.15) is 5.10 Å². The van der Waals surface area contributed by atoms with Crippen molar-refractivity contribution >= 4 is 40.0 Å². The summed E-state index contributed by atoms with van der Waals surface area (Å²) in [6, 6.07) is 13.0. The molecule has 1 amide bonds. The van der Waals surface area contributed by atoms with Crippen LogP contribution in [0, 0.1) is 5.82 Å². The molecule has 4 rings (SSSR count). The lowest BCUT2D eigenvalue weighted by Gasteiger charge is -2.20. The van der Waals surface area contributed by atoms with Crippen LogP contribution in [0.4, 0.5) is 20.7 Å². The van der Waals surface area contributed by atoms with E-state index >= 15 is 0 Å². The Hall–Kier alpha value is -3.88. The zero-order valence-electron chi connectivity index (χ0n) is 16.5. The summed E-state index contributed by atoms with van der Waals surface area (Å²) < 4.78 is 18.2. The van der Waals surface area contributed by atoms with Crippen LogP contribution in [0.25, 0.3) is 10.9 Å². The molecule has 0 saturated carbocycles. The van der Waals surface area contributed by atoms with Gasteiger partial charge in [-0.15, -0.1) is 0 Å². The molecule has 0 saturated heterocycles. The number of nitrogens with zero attached hydrogens (tertiary/aromatic N) is 5. The average molecular weight is 406 g/mol. The molecule has 0 unspecified atom stereocenters. The quantitative estimate of drug-likeness (QED) is 0.709. The molecule has 0 bridgehead atoms. The van der Waals surface area contributed by atoms with Gasteiger partial charge >= 0.3 is 6.09 Å². The van der Waals surface area contributed by atoms with E-state index in [9.17, 15) is 9.18 Å². The van der Waals surface area contributed by atoms with E-state index in [-0.39, 0.29) is 6.54 Å². The summed E-state index contributed by atoms with van der Waals surface area (Å²) >= 11 is 0. The summed E-state index contributed by atoms with van der Waals surface area (Å²) in [4.78, 5) is 27.5. The number of anilines is 1. The van der Waals surface area contributed by atoms with E-state index in [0.29, 0.717) is 35.1 Å². The minimum atomic E-state index is -0.604. The maximum absolute atomic E-state index is 13.3. The smallest absolute Gasteiger partial charge is 0.414 e. The summed E-state index contributed by atoms with van der Waals surface area (Å²) in [7, 11) is 1.28. The topological polar surface area (TPSA) is 92.1 Å². The van der Waals surface area contributed by atoms with E-state index in [1.165, 1.54) is 36.3 Å². The Kier molecular flexibility index (Phi) is 5.34. The van der Waals surface area contributed by atoms with Crippen molar-refractivity contribution < 1.29 is 13.9 Å². The normalized spacial score (nSPS) is 14.5. The fourth-order valence-electron chi connectivity index (χ4n) is 3.07. The van der Waals surface area contributed by atoms with Gasteiger partial charge in [-0.1, -0.05) is 12.1 Å². The van der Waals surface area contributed by atoms with Crippen molar-refractivity contribution in [2.75, 3.05) is 12.0 Å². The number of carbonyl (C=O) groups excluding carboxylic acids is 1. The number of benzene rings is 2. The molecule has 0 spiro atoms. The second kappa shape index (κ2) is 8.24. The van der Waals surface area contributed by atoms with E-state index in [0.717, 1.165) is 11.1 Å². The lowest BCUT2D eigenvalue weighted by molar-refractivity contribution is 0.178. The fourth-order valence-corrected chi connectivity index (χ4v) is 3.07. The van der Waals surface area contributed by atoms with Gasteiger partial charge < -0.3 is 4.74 Å². The number of aromatic nitrogens is 2. The van der Waals surface area contributed by atoms with Crippen molar-refractivity contribution in [3.05, 3.63) is 60.2 Å². The Morgan fingerprint density at radius 1 is 1.20 bits per heavy atom. The summed E-state index contributed by atoms with van der Waals surface area (Å²) in [5, 5.41) is 4.92. The van der Waals surface area contributed by atoms with E-state index < -0.39 is 11.9 Å². The monoisotopic (exact) mass is 406 g/mol. The molecule has 30 heavy (non-hydrogen) atoms. The average Bonchev–Trinajstić information content (AvgIpc) is 3.17. The third-order valence-corrected chi connectivity index (χ3v) is 4.50. The van der Waals surface area contributed by atoms with Crippen LogP contribution in [0.15, 0.2) is 58.6 Å². The summed E-state index contributed by atoms with van der Waals surface area (Å²) in [5.74, 6) is 1.14. The highest BCUT2D eigenvalue weighted by Crippen LogP contribution is 2.25. The minimum absolute atomic E-state index is 0.0317. The lowest BCUT2D eigenvalue weighted by atomic mass is 10.2. The number of carbonyl (C=O) groups is 1. The second-order valence-electron chi connectivity index (χ2n) is 6.71. The van der Waals surface area contributed by atoms with Crippen molar-refractivity contribution in [2.24, 2.45) is 10.1 Å². The maximum Gasteiger partial charge on any atom is 0.414 e. The number of hydrogen-bond donors (Lipinski definition) is 1. The molecule has 152 valence electrons. The zero-order valence-corrected chi connectivity index (χ0v) is 16.5. The Morgan fingerprint density at radius 2 is 1.97 bits per heavy atom. The Morgan fingerprint density at radius 3 is 2.67 bits per heavy atom. The van der Waals surface area contributed by atoms with Crippen LogP contribution < -0.4 is 10.3 Å². The number of amidine groups is 1. The summed E-state index contributed by atoms with van der Waals surface area (Å²) in [5.41, 5.74) is 4.99. The van der Waals surface area contributed by atoms with Crippen LogP contribution in [0.5, 0.6) is 0 Å². The van der Waals surface area contributed by atoms with Crippen molar-refractivity contribution in [3.63, 3.8) is 0 Å². The third kappa shape index (κ3) is 4.09. The van der Waals surface area contributed by atoms with Crippen LogP contribution in [0.3, 0.4) is 0 Å². The van der Waals surface area contributed by atoms with E-state index in [2.05, 4.69) is 25.5 Å². The highest BCUT2D eigenvalue weighted by Gasteiger charge is 2.20. The van der Waals surface area contributed by atoms with Gasteiger partial charge in [0.1, 0.15) is 11.7 Å². The third-order valence-electron chi connectivity index (χ3n) is 4.50. The number of hydrogen-bond acceptors (Lipinski definition) is 6. The van der Waals surface area contributed by atoms with Gasteiger partial charge in [-0.05, 0) is 43.3 Å². The molecule has 1 aliphatic rings. The molecule has 2 heterocycles. The lowest BCUT2D eigenvalue weighted by Crippen LogP contribution is -2.31. The van der Waals surface area contributed by atoms with Gasteiger partial charge in [0.2, 0.25) is 0 Å². The van der Waals surface area contributed by atoms with Crippen molar-refractivity contribution in [3.8, 4) is 0 Å². The number of ether oxygens (including phenoxy) is 1. The SMILES string of the molecule is COC(=O)N(Cc1nc(N=C2CC(C)=NN2)c2ccccc2n1)c1ccc(F)cc1. The number of hydrazone groups is 1. The molecule has 1 aromatic heterocycles. The molecule has 1 N–H and O–H groups in total. The Balaban J connectivity index is 1.74. The fraction of sp³-hybridized carbons (Fsp3) is 0.190. The Bertz CT molecular complexity index is 1160. The molecule has 1 aliphatic heterocycles.